The predicted molar refractivity (Wildman–Crippen MR) is 66.5 cm³/mol. The second-order valence-electron chi connectivity index (χ2n) is 4.82. The van der Waals surface area contributed by atoms with Gasteiger partial charge in [0, 0.05) is 13.0 Å². The maximum Gasteiger partial charge on any atom is 0.249 e. The summed E-state index contributed by atoms with van der Waals surface area (Å²) in [6, 6.07) is 6.90. The second-order valence-corrected chi connectivity index (χ2v) is 4.82. The lowest BCUT2D eigenvalue weighted by atomic mass is 10.0. The molecule has 0 aliphatic carbocycles. The summed E-state index contributed by atoms with van der Waals surface area (Å²) in [5.74, 6) is 1.25. The molecule has 6 nitrogen and oxygen atoms in total. The lowest BCUT2D eigenvalue weighted by molar-refractivity contribution is 0.166. The Bertz CT molecular complexity index is 559. The Morgan fingerprint density at radius 3 is 2.79 bits per heavy atom. The molecule has 0 bridgehead atoms. The van der Waals surface area contributed by atoms with Crippen LogP contribution in [0.1, 0.15) is 23.7 Å². The molecule has 0 spiro atoms. The van der Waals surface area contributed by atoms with Crippen LogP contribution in [0.2, 0.25) is 0 Å². The molecule has 2 heterocycles. The van der Waals surface area contributed by atoms with Gasteiger partial charge in [0.1, 0.15) is 11.3 Å². The molecule has 1 unspecified atom stereocenters. The first-order valence-corrected chi connectivity index (χ1v) is 6.13. The monoisotopic (exact) mass is 261 g/mol. The van der Waals surface area contributed by atoms with Crippen molar-refractivity contribution in [3.8, 4) is 5.75 Å². The number of phenols is 1. The van der Waals surface area contributed by atoms with Crippen LogP contribution >= 0.6 is 0 Å². The van der Waals surface area contributed by atoms with Gasteiger partial charge >= 0.3 is 0 Å². The zero-order chi connectivity index (χ0) is 13.3. The number of nitrogens with zero attached hydrogens (tertiary/aromatic N) is 2. The van der Waals surface area contributed by atoms with Crippen molar-refractivity contribution in [1.82, 2.24) is 10.1 Å². The SMILES string of the molecule is NC1(c2nc(Cc3ccc(O)cc3)no2)CCOC1. The Morgan fingerprint density at radius 1 is 1.32 bits per heavy atom. The van der Waals surface area contributed by atoms with Crippen LogP contribution in [0.25, 0.3) is 0 Å². The Kier molecular flexibility index (Phi) is 2.96. The summed E-state index contributed by atoms with van der Waals surface area (Å²) in [6.45, 7) is 1.03. The van der Waals surface area contributed by atoms with Gasteiger partial charge in [-0.2, -0.15) is 4.98 Å². The first kappa shape index (κ1) is 12.1. The van der Waals surface area contributed by atoms with Crippen LogP contribution in [0.15, 0.2) is 28.8 Å². The summed E-state index contributed by atoms with van der Waals surface area (Å²) in [5.41, 5.74) is 6.50. The molecule has 100 valence electrons. The number of aromatic nitrogens is 2. The highest BCUT2D eigenvalue weighted by molar-refractivity contribution is 5.27. The maximum atomic E-state index is 9.22. The molecule has 1 aromatic carbocycles. The maximum absolute atomic E-state index is 9.22. The molecule has 19 heavy (non-hydrogen) atoms. The van der Waals surface area contributed by atoms with Gasteiger partial charge in [-0.05, 0) is 24.1 Å². The number of phenolic OH excluding ortho intramolecular Hbond substituents is 1. The Labute approximate surface area is 110 Å². The summed E-state index contributed by atoms with van der Waals surface area (Å²) < 4.78 is 10.5. The summed E-state index contributed by atoms with van der Waals surface area (Å²) in [6.07, 6.45) is 1.23. The molecule has 1 aliphatic heterocycles. The Balaban J connectivity index is 1.76. The number of nitrogens with two attached hydrogens (primary N) is 1. The molecule has 1 atom stereocenters. The minimum absolute atomic E-state index is 0.238. The molecular formula is C13H15N3O3. The number of aromatic hydroxyl groups is 1. The number of rotatable bonds is 3. The highest BCUT2D eigenvalue weighted by Gasteiger charge is 2.38. The van der Waals surface area contributed by atoms with E-state index in [-0.39, 0.29) is 5.75 Å². The summed E-state index contributed by atoms with van der Waals surface area (Å²) in [4.78, 5) is 4.34. The summed E-state index contributed by atoms with van der Waals surface area (Å²) in [5, 5.41) is 13.2. The standard InChI is InChI=1S/C13H15N3O3/c14-13(5-6-18-8-13)12-15-11(16-19-12)7-9-1-3-10(17)4-2-9/h1-4,17H,5-8,14H2. The first-order valence-electron chi connectivity index (χ1n) is 6.13. The van der Waals surface area contributed by atoms with Crippen molar-refractivity contribution in [3.63, 3.8) is 0 Å². The highest BCUT2D eigenvalue weighted by atomic mass is 16.5. The molecule has 3 rings (SSSR count). The van der Waals surface area contributed by atoms with Crippen molar-refractivity contribution in [2.24, 2.45) is 5.73 Å². The largest absolute Gasteiger partial charge is 0.508 e. The van der Waals surface area contributed by atoms with Gasteiger partial charge in [0.25, 0.3) is 0 Å². The summed E-state index contributed by atoms with van der Waals surface area (Å²) in [7, 11) is 0. The third-order valence-corrected chi connectivity index (χ3v) is 3.24. The normalized spacial score (nSPS) is 22.8. The first-order chi connectivity index (χ1) is 9.16. The fourth-order valence-corrected chi connectivity index (χ4v) is 2.07. The van der Waals surface area contributed by atoms with E-state index in [9.17, 15) is 5.11 Å². The molecule has 6 heteroatoms. The summed E-state index contributed by atoms with van der Waals surface area (Å²) >= 11 is 0. The number of ether oxygens (including phenoxy) is 1. The van der Waals surface area contributed by atoms with Gasteiger partial charge in [0.05, 0.1) is 6.61 Å². The molecular weight excluding hydrogens is 246 g/mol. The zero-order valence-corrected chi connectivity index (χ0v) is 10.4. The average molecular weight is 261 g/mol. The van der Waals surface area contributed by atoms with E-state index in [0.717, 1.165) is 5.56 Å². The third-order valence-electron chi connectivity index (χ3n) is 3.24. The highest BCUT2D eigenvalue weighted by Crippen LogP contribution is 2.26. The van der Waals surface area contributed by atoms with E-state index in [4.69, 9.17) is 15.0 Å². The van der Waals surface area contributed by atoms with Crippen LogP contribution in [0.4, 0.5) is 0 Å². The van der Waals surface area contributed by atoms with Gasteiger partial charge in [-0.25, -0.2) is 0 Å². The van der Waals surface area contributed by atoms with E-state index in [1.165, 1.54) is 0 Å². The molecule has 3 N–H and O–H groups in total. The molecule has 1 fully saturated rings. The van der Waals surface area contributed by atoms with E-state index in [1.54, 1.807) is 12.1 Å². The van der Waals surface area contributed by atoms with Gasteiger partial charge in [0.15, 0.2) is 5.82 Å². The van der Waals surface area contributed by atoms with Gasteiger partial charge in [-0.15, -0.1) is 0 Å². The van der Waals surface area contributed by atoms with Crippen LogP contribution < -0.4 is 5.73 Å². The van der Waals surface area contributed by atoms with E-state index in [0.29, 0.717) is 37.8 Å². The molecule has 1 aromatic heterocycles. The van der Waals surface area contributed by atoms with E-state index >= 15 is 0 Å². The number of benzene rings is 1. The van der Waals surface area contributed by atoms with Crippen molar-refractivity contribution >= 4 is 0 Å². The van der Waals surface area contributed by atoms with Crippen molar-refractivity contribution in [3.05, 3.63) is 41.5 Å². The minimum atomic E-state index is -0.653. The van der Waals surface area contributed by atoms with Crippen LogP contribution in [0.3, 0.4) is 0 Å². The van der Waals surface area contributed by atoms with Crippen molar-refractivity contribution in [1.29, 1.82) is 0 Å². The zero-order valence-electron chi connectivity index (χ0n) is 10.4. The van der Waals surface area contributed by atoms with Crippen molar-refractivity contribution in [2.45, 2.75) is 18.4 Å². The molecule has 0 amide bonds. The molecule has 1 saturated heterocycles. The van der Waals surface area contributed by atoms with Gasteiger partial charge in [-0.1, -0.05) is 17.3 Å². The molecule has 1 aliphatic rings. The van der Waals surface area contributed by atoms with Crippen LogP contribution in [0.5, 0.6) is 5.75 Å². The fraction of sp³-hybridized carbons (Fsp3) is 0.385. The van der Waals surface area contributed by atoms with Crippen molar-refractivity contribution < 1.29 is 14.4 Å². The average Bonchev–Trinajstić information content (AvgIpc) is 3.02. The van der Waals surface area contributed by atoms with Crippen molar-refractivity contribution in [2.75, 3.05) is 13.2 Å². The lowest BCUT2D eigenvalue weighted by Crippen LogP contribution is -2.37. The number of hydrogen-bond donors (Lipinski definition) is 2. The molecule has 2 aromatic rings. The third kappa shape index (κ3) is 2.45. The van der Waals surface area contributed by atoms with E-state index < -0.39 is 5.54 Å². The molecule has 0 saturated carbocycles. The second kappa shape index (κ2) is 4.64. The van der Waals surface area contributed by atoms with Crippen LogP contribution in [-0.2, 0) is 16.7 Å². The lowest BCUT2D eigenvalue weighted by Gasteiger charge is -2.14. The van der Waals surface area contributed by atoms with E-state index in [2.05, 4.69) is 10.1 Å². The predicted octanol–water partition coefficient (Wildman–Crippen LogP) is 0.940. The molecule has 0 radical (unpaired) electrons. The topological polar surface area (TPSA) is 94.4 Å². The van der Waals surface area contributed by atoms with Gasteiger partial charge < -0.3 is 20.1 Å². The van der Waals surface area contributed by atoms with E-state index in [1.807, 2.05) is 12.1 Å². The quantitative estimate of drug-likeness (QED) is 0.854. The Hall–Kier alpha value is -1.92. The minimum Gasteiger partial charge on any atom is -0.508 e. The Morgan fingerprint density at radius 2 is 2.11 bits per heavy atom. The van der Waals surface area contributed by atoms with Crippen LogP contribution in [-0.4, -0.2) is 28.5 Å². The smallest absolute Gasteiger partial charge is 0.249 e. The number of hydrogen-bond acceptors (Lipinski definition) is 6. The van der Waals surface area contributed by atoms with Gasteiger partial charge in [0.2, 0.25) is 5.89 Å². The van der Waals surface area contributed by atoms with Gasteiger partial charge in [-0.3, -0.25) is 0 Å². The van der Waals surface area contributed by atoms with Crippen LogP contribution in [0, 0.1) is 0 Å². The fourth-order valence-electron chi connectivity index (χ4n) is 2.07.